The minimum atomic E-state index is 0.135. The quantitative estimate of drug-likeness (QED) is 0.490. The molecule has 0 spiro atoms. The van der Waals surface area contributed by atoms with E-state index in [9.17, 15) is 0 Å². The Labute approximate surface area is 69.0 Å². The standard InChI is InChI=1S/C7H9BrO2/c1-2-3-10-7-5-9-4-6(7)8/h1,6-7H,3-5H2/t6-,7-/m1/s1. The Hall–Kier alpha value is -0.0400. The highest BCUT2D eigenvalue weighted by Crippen LogP contribution is 2.16. The average molecular weight is 205 g/mol. The van der Waals surface area contributed by atoms with Crippen LogP contribution in [0.1, 0.15) is 0 Å². The number of halogens is 1. The minimum absolute atomic E-state index is 0.135. The zero-order valence-corrected chi connectivity index (χ0v) is 7.13. The first kappa shape index (κ1) is 8.06. The van der Waals surface area contributed by atoms with E-state index in [1.807, 2.05) is 0 Å². The maximum Gasteiger partial charge on any atom is 0.108 e. The third kappa shape index (κ3) is 1.98. The normalized spacial score (nSPS) is 32.0. The van der Waals surface area contributed by atoms with Crippen LogP contribution in [-0.2, 0) is 9.47 Å². The molecule has 0 aromatic carbocycles. The fraction of sp³-hybridized carbons (Fsp3) is 0.714. The van der Waals surface area contributed by atoms with Crippen molar-refractivity contribution < 1.29 is 9.47 Å². The van der Waals surface area contributed by atoms with Crippen molar-refractivity contribution in [3.63, 3.8) is 0 Å². The van der Waals surface area contributed by atoms with Crippen LogP contribution in [0.4, 0.5) is 0 Å². The molecule has 0 aliphatic carbocycles. The summed E-state index contributed by atoms with van der Waals surface area (Å²) in [6, 6.07) is 0. The summed E-state index contributed by atoms with van der Waals surface area (Å²) in [7, 11) is 0. The second-order valence-corrected chi connectivity index (χ2v) is 3.28. The smallest absolute Gasteiger partial charge is 0.108 e. The second kappa shape index (κ2) is 3.97. The van der Waals surface area contributed by atoms with E-state index < -0.39 is 0 Å². The van der Waals surface area contributed by atoms with Crippen molar-refractivity contribution >= 4 is 15.9 Å². The number of alkyl halides is 1. The van der Waals surface area contributed by atoms with Crippen LogP contribution >= 0.6 is 15.9 Å². The van der Waals surface area contributed by atoms with Gasteiger partial charge in [-0.15, -0.1) is 6.42 Å². The lowest BCUT2D eigenvalue weighted by molar-refractivity contribution is 0.0651. The molecule has 0 amide bonds. The van der Waals surface area contributed by atoms with Gasteiger partial charge in [0.25, 0.3) is 0 Å². The van der Waals surface area contributed by atoms with Gasteiger partial charge in [-0.05, 0) is 0 Å². The zero-order chi connectivity index (χ0) is 7.40. The lowest BCUT2D eigenvalue weighted by Crippen LogP contribution is -2.22. The summed E-state index contributed by atoms with van der Waals surface area (Å²) in [5.41, 5.74) is 0. The second-order valence-electron chi connectivity index (χ2n) is 2.11. The third-order valence-electron chi connectivity index (χ3n) is 1.34. The predicted octanol–water partition coefficient (Wildman–Crippen LogP) is 0.798. The Bertz CT molecular complexity index is 141. The summed E-state index contributed by atoms with van der Waals surface area (Å²) in [6.45, 7) is 1.74. The molecule has 0 N–H and O–H groups in total. The molecular weight excluding hydrogens is 196 g/mol. The maximum absolute atomic E-state index is 5.26. The molecule has 56 valence electrons. The fourth-order valence-corrected chi connectivity index (χ4v) is 1.31. The number of hydrogen-bond acceptors (Lipinski definition) is 2. The van der Waals surface area contributed by atoms with Crippen LogP contribution in [0.15, 0.2) is 0 Å². The zero-order valence-electron chi connectivity index (χ0n) is 5.55. The van der Waals surface area contributed by atoms with Crippen molar-refractivity contribution in [2.45, 2.75) is 10.9 Å². The van der Waals surface area contributed by atoms with E-state index in [2.05, 4.69) is 21.9 Å². The summed E-state index contributed by atoms with van der Waals surface area (Å²) in [6.07, 6.45) is 5.16. The van der Waals surface area contributed by atoms with Crippen LogP contribution in [0.5, 0.6) is 0 Å². The lowest BCUT2D eigenvalue weighted by atomic mass is 10.3. The van der Waals surface area contributed by atoms with E-state index in [0.29, 0.717) is 18.0 Å². The van der Waals surface area contributed by atoms with E-state index in [-0.39, 0.29) is 6.10 Å². The van der Waals surface area contributed by atoms with Crippen molar-refractivity contribution in [1.82, 2.24) is 0 Å². The Morgan fingerprint density at radius 3 is 3.00 bits per heavy atom. The van der Waals surface area contributed by atoms with Crippen molar-refractivity contribution in [2.24, 2.45) is 0 Å². The average Bonchev–Trinajstić information content (AvgIpc) is 2.31. The SMILES string of the molecule is C#CCO[C@@H]1COC[C@H]1Br. The molecule has 3 heteroatoms. The highest BCUT2D eigenvalue weighted by atomic mass is 79.9. The summed E-state index contributed by atoms with van der Waals surface area (Å²) in [5, 5.41) is 0. The molecular formula is C7H9BrO2. The van der Waals surface area contributed by atoms with Gasteiger partial charge in [0, 0.05) is 0 Å². The van der Waals surface area contributed by atoms with Crippen molar-refractivity contribution in [2.75, 3.05) is 19.8 Å². The molecule has 1 saturated heterocycles. The first-order valence-electron chi connectivity index (χ1n) is 3.11. The Morgan fingerprint density at radius 1 is 1.70 bits per heavy atom. The molecule has 1 rings (SSSR count). The number of terminal acetylenes is 1. The third-order valence-corrected chi connectivity index (χ3v) is 2.20. The Balaban J connectivity index is 2.21. The molecule has 1 fully saturated rings. The fourth-order valence-electron chi connectivity index (χ4n) is 0.816. The molecule has 2 atom stereocenters. The molecule has 0 saturated carbocycles. The lowest BCUT2D eigenvalue weighted by Gasteiger charge is -2.09. The summed E-state index contributed by atoms with van der Waals surface area (Å²) in [4.78, 5) is 0.306. The van der Waals surface area contributed by atoms with Gasteiger partial charge in [0.15, 0.2) is 0 Å². The van der Waals surface area contributed by atoms with Crippen molar-refractivity contribution in [1.29, 1.82) is 0 Å². The van der Waals surface area contributed by atoms with Crippen LogP contribution in [0.2, 0.25) is 0 Å². The van der Waals surface area contributed by atoms with Crippen LogP contribution in [0.25, 0.3) is 0 Å². The molecule has 0 aromatic heterocycles. The van der Waals surface area contributed by atoms with Crippen LogP contribution in [-0.4, -0.2) is 30.8 Å². The van der Waals surface area contributed by atoms with Gasteiger partial charge < -0.3 is 9.47 Å². The largest absolute Gasteiger partial charge is 0.377 e. The van der Waals surface area contributed by atoms with Gasteiger partial charge in [0.2, 0.25) is 0 Å². The predicted molar refractivity (Wildman–Crippen MR) is 42.1 cm³/mol. The molecule has 0 unspecified atom stereocenters. The number of rotatable bonds is 2. The van der Waals surface area contributed by atoms with Crippen LogP contribution in [0, 0.1) is 12.3 Å². The molecule has 10 heavy (non-hydrogen) atoms. The summed E-state index contributed by atoms with van der Waals surface area (Å²) >= 11 is 3.42. The summed E-state index contributed by atoms with van der Waals surface area (Å²) < 4.78 is 10.4. The molecule has 1 aliphatic heterocycles. The molecule has 0 bridgehead atoms. The topological polar surface area (TPSA) is 18.5 Å². The van der Waals surface area contributed by atoms with E-state index >= 15 is 0 Å². The van der Waals surface area contributed by atoms with Crippen LogP contribution in [0.3, 0.4) is 0 Å². The van der Waals surface area contributed by atoms with Gasteiger partial charge in [-0.3, -0.25) is 0 Å². The van der Waals surface area contributed by atoms with Gasteiger partial charge >= 0.3 is 0 Å². The first-order chi connectivity index (χ1) is 4.84. The molecule has 2 nitrogen and oxygen atoms in total. The minimum Gasteiger partial charge on any atom is -0.377 e. The van der Waals surface area contributed by atoms with Gasteiger partial charge in [-0.25, -0.2) is 0 Å². The van der Waals surface area contributed by atoms with E-state index in [1.165, 1.54) is 0 Å². The monoisotopic (exact) mass is 204 g/mol. The highest BCUT2D eigenvalue weighted by Gasteiger charge is 2.25. The van der Waals surface area contributed by atoms with Crippen molar-refractivity contribution in [3.05, 3.63) is 0 Å². The Morgan fingerprint density at radius 2 is 2.50 bits per heavy atom. The van der Waals surface area contributed by atoms with E-state index in [4.69, 9.17) is 15.9 Å². The van der Waals surface area contributed by atoms with Crippen molar-refractivity contribution in [3.8, 4) is 12.3 Å². The molecule has 0 aromatic rings. The van der Waals surface area contributed by atoms with Gasteiger partial charge in [0.1, 0.15) is 6.61 Å². The van der Waals surface area contributed by atoms with Crippen LogP contribution < -0.4 is 0 Å². The van der Waals surface area contributed by atoms with Gasteiger partial charge in [0.05, 0.1) is 24.1 Å². The molecule has 1 heterocycles. The van der Waals surface area contributed by atoms with Gasteiger partial charge in [-0.1, -0.05) is 21.9 Å². The van der Waals surface area contributed by atoms with E-state index in [0.717, 1.165) is 6.61 Å². The number of ether oxygens (including phenoxy) is 2. The van der Waals surface area contributed by atoms with Gasteiger partial charge in [-0.2, -0.15) is 0 Å². The maximum atomic E-state index is 5.26. The Kier molecular flexibility index (Phi) is 3.20. The summed E-state index contributed by atoms with van der Waals surface area (Å²) in [5.74, 6) is 2.42. The first-order valence-corrected chi connectivity index (χ1v) is 4.03. The van der Waals surface area contributed by atoms with E-state index in [1.54, 1.807) is 0 Å². The molecule has 0 radical (unpaired) electrons. The number of hydrogen-bond donors (Lipinski definition) is 0. The molecule has 1 aliphatic rings. The highest BCUT2D eigenvalue weighted by molar-refractivity contribution is 9.09.